The Balaban J connectivity index is 0.000000286. The van der Waals surface area contributed by atoms with Crippen LogP contribution in [0.4, 0.5) is 11.5 Å². The number of para-hydroxylation sites is 1. The van der Waals surface area contributed by atoms with Crippen LogP contribution in [0.15, 0.2) is 73.1 Å². The van der Waals surface area contributed by atoms with Gasteiger partial charge in [0.25, 0.3) is 0 Å². The van der Waals surface area contributed by atoms with Gasteiger partial charge in [0, 0.05) is 60.8 Å². The van der Waals surface area contributed by atoms with Gasteiger partial charge >= 0.3 is 0 Å². The standard InChI is InChI=1S/C19H18N6O2.C7H8ClN/c1-24(11-13-5-3-4-6-17(13)27-2)18-8-16(14-9-20-21-10-14)25-19(22-18)7-15(12-26)23-25;1-9-7-4-2-6(8)3-5-7/h3-10,12H,11H2,1-2H3,(H,20,21);2-5,9H,1H3. The second kappa shape index (κ2) is 11.4. The quantitative estimate of drug-likeness (QED) is 0.303. The minimum Gasteiger partial charge on any atom is -0.496 e. The summed E-state index contributed by atoms with van der Waals surface area (Å²) in [7, 11) is 5.50. The van der Waals surface area contributed by atoms with Crippen molar-refractivity contribution in [3.63, 3.8) is 0 Å². The fourth-order valence-corrected chi connectivity index (χ4v) is 3.74. The topological polar surface area (TPSA) is 100 Å². The minimum absolute atomic E-state index is 0.330. The molecule has 0 saturated carbocycles. The van der Waals surface area contributed by atoms with Gasteiger partial charge in [-0.05, 0) is 30.3 Å². The first-order chi connectivity index (χ1) is 17.5. The van der Waals surface area contributed by atoms with Gasteiger partial charge in [0.15, 0.2) is 11.9 Å². The second-order valence-electron chi connectivity index (χ2n) is 7.87. The molecule has 0 aliphatic carbocycles. The number of hydrogen-bond acceptors (Lipinski definition) is 7. The van der Waals surface area contributed by atoms with E-state index in [9.17, 15) is 4.79 Å². The minimum atomic E-state index is 0.330. The van der Waals surface area contributed by atoms with E-state index < -0.39 is 0 Å². The fourth-order valence-electron chi connectivity index (χ4n) is 3.62. The zero-order chi connectivity index (χ0) is 25.5. The lowest BCUT2D eigenvalue weighted by atomic mass is 10.2. The van der Waals surface area contributed by atoms with E-state index in [-0.39, 0.29) is 0 Å². The predicted molar refractivity (Wildman–Crippen MR) is 142 cm³/mol. The Morgan fingerprint density at radius 3 is 2.61 bits per heavy atom. The van der Waals surface area contributed by atoms with Gasteiger partial charge in [-0.3, -0.25) is 9.89 Å². The molecule has 10 heteroatoms. The number of carbonyl (C=O) groups excluding carboxylic acids is 1. The van der Waals surface area contributed by atoms with Crippen LogP contribution in [-0.2, 0) is 6.54 Å². The van der Waals surface area contributed by atoms with E-state index in [4.69, 9.17) is 16.3 Å². The summed E-state index contributed by atoms with van der Waals surface area (Å²) in [6.45, 7) is 0.618. The van der Waals surface area contributed by atoms with Crippen molar-refractivity contribution in [2.75, 3.05) is 31.4 Å². The van der Waals surface area contributed by atoms with Crippen LogP contribution in [0.25, 0.3) is 16.9 Å². The first-order valence-electron chi connectivity index (χ1n) is 11.1. The van der Waals surface area contributed by atoms with Crippen LogP contribution in [0.1, 0.15) is 16.1 Å². The van der Waals surface area contributed by atoms with E-state index in [1.165, 1.54) is 0 Å². The third kappa shape index (κ3) is 5.64. The Labute approximate surface area is 213 Å². The molecule has 0 saturated heterocycles. The van der Waals surface area contributed by atoms with Crippen LogP contribution in [-0.4, -0.2) is 52.3 Å². The number of benzene rings is 2. The average molecular weight is 504 g/mol. The molecule has 0 radical (unpaired) electrons. The zero-order valence-corrected chi connectivity index (χ0v) is 20.9. The molecular formula is C26H26ClN7O2. The van der Waals surface area contributed by atoms with Crippen molar-refractivity contribution in [2.24, 2.45) is 0 Å². The number of carbonyl (C=O) groups is 1. The fraction of sp³-hybridized carbons (Fsp3) is 0.154. The number of aromatic amines is 1. The molecule has 2 aromatic carbocycles. The summed E-state index contributed by atoms with van der Waals surface area (Å²) < 4.78 is 7.09. The molecule has 0 atom stereocenters. The van der Waals surface area contributed by atoms with Gasteiger partial charge in [-0.15, -0.1) is 0 Å². The molecule has 184 valence electrons. The van der Waals surface area contributed by atoms with Crippen LogP contribution in [0.5, 0.6) is 5.75 Å². The molecule has 5 rings (SSSR count). The van der Waals surface area contributed by atoms with E-state index in [0.29, 0.717) is 24.2 Å². The molecule has 0 amide bonds. The highest BCUT2D eigenvalue weighted by molar-refractivity contribution is 6.30. The molecule has 5 aromatic rings. The summed E-state index contributed by atoms with van der Waals surface area (Å²) in [6, 6.07) is 19.0. The van der Waals surface area contributed by atoms with Gasteiger partial charge in [0.2, 0.25) is 0 Å². The molecule has 0 spiro atoms. The van der Waals surface area contributed by atoms with Crippen LogP contribution < -0.4 is 15.0 Å². The van der Waals surface area contributed by atoms with Crippen LogP contribution >= 0.6 is 11.6 Å². The number of fused-ring (bicyclic) bond motifs is 1. The highest BCUT2D eigenvalue weighted by atomic mass is 35.5. The Hall–Kier alpha value is -4.37. The van der Waals surface area contributed by atoms with E-state index in [0.717, 1.165) is 39.1 Å². The predicted octanol–water partition coefficient (Wildman–Crippen LogP) is 4.96. The van der Waals surface area contributed by atoms with Crippen molar-refractivity contribution < 1.29 is 9.53 Å². The number of nitrogens with zero attached hydrogens (tertiary/aromatic N) is 5. The molecule has 3 heterocycles. The van der Waals surface area contributed by atoms with Crippen LogP contribution in [0.3, 0.4) is 0 Å². The third-order valence-corrected chi connectivity index (χ3v) is 5.72. The number of aromatic nitrogens is 5. The average Bonchev–Trinajstić information content (AvgIpc) is 3.59. The lowest BCUT2D eigenvalue weighted by molar-refractivity contribution is 0.111. The maximum atomic E-state index is 11.2. The van der Waals surface area contributed by atoms with Crippen LogP contribution in [0.2, 0.25) is 5.02 Å². The molecule has 2 N–H and O–H groups in total. The Morgan fingerprint density at radius 2 is 1.94 bits per heavy atom. The number of rotatable bonds is 7. The number of hydrogen-bond donors (Lipinski definition) is 2. The zero-order valence-electron chi connectivity index (χ0n) is 20.1. The maximum Gasteiger partial charge on any atom is 0.170 e. The van der Waals surface area contributed by atoms with Gasteiger partial charge in [0.05, 0.1) is 19.0 Å². The summed E-state index contributed by atoms with van der Waals surface area (Å²) in [5.74, 6) is 1.58. The van der Waals surface area contributed by atoms with Crippen molar-refractivity contribution in [3.8, 4) is 17.0 Å². The highest BCUT2D eigenvalue weighted by Gasteiger charge is 2.15. The Kier molecular flexibility index (Phi) is 7.82. The van der Waals surface area contributed by atoms with E-state index in [2.05, 4.69) is 25.6 Å². The number of methoxy groups -OCH3 is 1. The monoisotopic (exact) mass is 503 g/mol. The SMILES string of the molecule is CNc1ccc(Cl)cc1.COc1ccccc1CN(C)c1cc(-c2cn[nH]c2)n2nc(C=O)cc2n1. The summed E-state index contributed by atoms with van der Waals surface area (Å²) in [5.41, 5.74) is 4.71. The lowest BCUT2D eigenvalue weighted by Crippen LogP contribution is -2.19. The van der Waals surface area contributed by atoms with Crippen molar-refractivity contribution >= 4 is 35.0 Å². The van der Waals surface area contributed by atoms with E-state index in [1.807, 2.05) is 73.6 Å². The number of aldehydes is 1. The number of ether oxygens (including phenoxy) is 1. The molecular weight excluding hydrogens is 478 g/mol. The lowest BCUT2D eigenvalue weighted by Gasteiger charge is -2.20. The largest absolute Gasteiger partial charge is 0.496 e. The molecule has 0 bridgehead atoms. The molecule has 3 aromatic heterocycles. The smallest absolute Gasteiger partial charge is 0.170 e. The maximum absolute atomic E-state index is 11.2. The summed E-state index contributed by atoms with van der Waals surface area (Å²) >= 11 is 5.64. The van der Waals surface area contributed by atoms with Gasteiger partial charge in [-0.1, -0.05) is 29.8 Å². The molecule has 36 heavy (non-hydrogen) atoms. The second-order valence-corrected chi connectivity index (χ2v) is 8.30. The van der Waals surface area contributed by atoms with Gasteiger partial charge < -0.3 is 15.0 Å². The number of nitrogens with one attached hydrogen (secondary N) is 2. The normalized spacial score (nSPS) is 10.4. The van der Waals surface area contributed by atoms with Gasteiger partial charge in [-0.25, -0.2) is 9.50 Å². The van der Waals surface area contributed by atoms with Gasteiger partial charge in [-0.2, -0.15) is 10.2 Å². The van der Waals surface area contributed by atoms with E-state index in [1.54, 1.807) is 30.1 Å². The molecule has 0 aliphatic heterocycles. The summed E-state index contributed by atoms with van der Waals surface area (Å²) in [5, 5.41) is 14.9. The Bertz CT molecular complexity index is 1430. The van der Waals surface area contributed by atoms with Crippen molar-refractivity contribution in [1.29, 1.82) is 0 Å². The third-order valence-electron chi connectivity index (χ3n) is 5.47. The van der Waals surface area contributed by atoms with Crippen LogP contribution in [0, 0.1) is 0 Å². The van der Waals surface area contributed by atoms with E-state index >= 15 is 0 Å². The molecule has 0 unspecified atom stereocenters. The number of H-pyrrole nitrogens is 1. The molecule has 9 nitrogen and oxygen atoms in total. The summed E-state index contributed by atoms with van der Waals surface area (Å²) in [6.07, 6.45) is 4.20. The molecule has 0 fully saturated rings. The van der Waals surface area contributed by atoms with Gasteiger partial charge in [0.1, 0.15) is 17.3 Å². The van der Waals surface area contributed by atoms with Crippen molar-refractivity contribution in [2.45, 2.75) is 6.54 Å². The number of anilines is 2. The number of halogens is 1. The summed E-state index contributed by atoms with van der Waals surface area (Å²) in [4.78, 5) is 17.8. The molecule has 0 aliphatic rings. The van der Waals surface area contributed by atoms with Crippen molar-refractivity contribution in [3.05, 3.63) is 89.3 Å². The van der Waals surface area contributed by atoms with Crippen molar-refractivity contribution in [1.82, 2.24) is 24.8 Å². The first kappa shape index (κ1) is 24.7. The Morgan fingerprint density at radius 1 is 1.17 bits per heavy atom. The highest BCUT2D eigenvalue weighted by Crippen LogP contribution is 2.26. The first-order valence-corrected chi connectivity index (χ1v) is 11.5.